The van der Waals surface area contributed by atoms with Crippen LogP contribution < -0.4 is 0 Å². The highest BCUT2D eigenvalue weighted by molar-refractivity contribution is 5.60. The number of hydrogen-bond donors (Lipinski definition) is 1. The zero-order chi connectivity index (χ0) is 29.6. The largest absolute Gasteiger partial charge is 0.179 e. The Morgan fingerprint density at radius 3 is 1.67 bits per heavy atom. The van der Waals surface area contributed by atoms with Crippen molar-refractivity contribution in [1.29, 1.82) is 0 Å². The minimum atomic E-state index is -0.316. The lowest BCUT2D eigenvalue weighted by molar-refractivity contribution is 0.335. The Kier molecular flexibility index (Phi) is 10.6. The topological polar surface area (TPSA) is 98.1 Å². The standard InChI is InChI=1S/C17H18N4.C9H10.C8H8N4/c1-17(2,15-11-7-4-8-12-15)21-19-16(18-20-21)13-14-9-5-3-6-10-14;1-8(2)9-6-4-3-5-7-9;1-2-4-7(5-3-1)6-8-9-11-12-10-8/h3-12H,13H2,1-2H3;3-7H,1H2,2H3;1-5H,6H2,(H,9,10,11,12). The SMILES string of the molecule is C=C(C)c1ccccc1.CC(C)(c1ccccc1)n1nnc(Cc2ccccc2)n1.c1ccc(Cc2nn[nH]n2)cc1. The van der Waals surface area contributed by atoms with E-state index >= 15 is 0 Å². The third-order valence-electron chi connectivity index (χ3n) is 6.50. The average molecular weight is 557 g/mol. The van der Waals surface area contributed by atoms with Gasteiger partial charge in [-0.3, -0.25) is 0 Å². The summed E-state index contributed by atoms with van der Waals surface area (Å²) in [6.07, 6.45) is 1.43. The Hall–Kier alpha value is -5.24. The van der Waals surface area contributed by atoms with E-state index in [2.05, 4.69) is 92.9 Å². The van der Waals surface area contributed by atoms with Gasteiger partial charge in [0.15, 0.2) is 11.6 Å². The molecule has 212 valence electrons. The van der Waals surface area contributed by atoms with Crippen molar-refractivity contribution in [3.63, 3.8) is 0 Å². The minimum absolute atomic E-state index is 0.316. The fourth-order valence-electron chi connectivity index (χ4n) is 4.05. The van der Waals surface area contributed by atoms with Crippen LogP contribution in [0.3, 0.4) is 0 Å². The second-order valence-corrected chi connectivity index (χ2v) is 10.2. The molecule has 0 saturated carbocycles. The molecule has 8 heteroatoms. The van der Waals surface area contributed by atoms with Crippen molar-refractivity contribution in [1.82, 2.24) is 40.8 Å². The van der Waals surface area contributed by atoms with Gasteiger partial charge in [-0.1, -0.05) is 139 Å². The second-order valence-electron chi connectivity index (χ2n) is 10.2. The van der Waals surface area contributed by atoms with Crippen LogP contribution in [0.25, 0.3) is 5.57 Å². The van der Waals surface area contributed by atoms with Crippen molar-refractivity contribution >= 4 is 5.57 Å². The molecule has 42 heavy (non-hydrogen) atoms. The summed E-state index contributed by atoms with van der Waals surface area (Å²) < 4.78 is 0. The van der Waals surface area contributed by atoms with Gasteiger partial charge in [0.25, 0.3) is 0 Å². The van der Waals surface area contributed by atoms with Gasteiger partial charge in [0.05, 0.1) is 0 Å². The molecular weight excluding hydrogens is 520 g/mol. The number of hydrogen-bond acceptors (Lipinski definition) is 6. The van der Waals surface area contributed by atoms with Crippen molar-refractivity contribution < 1.29 is 0 Å². The van der Waals surface area contributed by atoms with E-state index in [1.807, 2.05) is 91.9 Å². The minimum Gasteiger partial charge on any atom is -0.177 e. The normalized spacial score (nSPS) is 10.5. The van der Waals surface area contributed by atoms with Crippen LogP contribution in [0.15, 0.2) is 128 Å². The molecule has 1 N–H and O–H groups in total. The number of benzene rings is 4. The maximum Gasteiger partial charge on any atom is 0.179 e. The van der Waals surface area contributed by atoms with Crippen molar-refractivity contribution in [3.8, 4) is 0 Å². The molecular formula is C34H36N8. The van der Waals surface area contributed by atoms with Gasteiger partial charge in [-0.25, -0.2) is 0 Å². The molecule has 0 spiro atoms. The summed E-state index contributed by atoms with van der Waals surface area (Å²) in [5, 5.41) is 26.6. The third kappa shape index (κ3) is 8.89. The van der Waals surface area contributed by atoms with Crippen LogP contribution in [0.5, 0.6) is 0 Å². The summed E-state index contributed by atoms with van der Waals surface area (Å²) in [5.74, 6) is 1.46. The highest BCUT2D eigenvalue weighted by Crippen LogP contribution is 2.23. The predicted octanol–water partition coefficient (Wildman–Crippen LogP) is 6.56. The highest BCUT2D eigenvalue weighted by atomic mass is 15.6. The van der Waals surface area contributed by atoms with Gasteiger partial charge in [0.2, 0.25) is 0 Å². The number of rotatable bonds is 7. The number of allylic oxidation sites excluding steroid dienone is 1. The van der Waals surface area contributed by atoms with E-state index in [4.69, 9.17) is 0 Å². The number of H-pyrrole nitrogens is 1. The molecule has 2 heterocycles. The number of nitrogens with zero attached hydrogens (tertiary/aromatic N) is 7. The molecule has 0 atom stereocenters. The first-order valence-electron chi connectivity index (χ1n) is 13.8. The van der Waals surface area contributed by atoms with Gasteiger partial charge in [0, 0.05) is 12.8 Å². The van der Waals surface area contributed by atoms with E-state index < -0.39 is 0 Å². The van der Waals surface area contributed by atoms with E-state index in [0.717, 1.165) is 29.2 Å². The maximum atomic E-state index is 4.55. The van der Waals surface area contributed by atoms with Gasteiger partial charge >= 0.3 is 0 Å². The van der Waals surface area contributed by atoms with Crippen molar-refractivity contribution in [2.45, 2.75) is 39.2 Å². The maximum absolute atomic E-state index is 4.55. The molecule has 6 aromatic rings. The summed E-state index contributed by atoms with van der Waals surface area (Å²) in [5.41, 5.74) is 5.57. The van der Waals surface area contributed by atoms with E-state index in [1.165, 1.54) is 16.7 Å². The molecule has 0 aliphatic carbocycles. The first kappa shape index (κ1) is 29.7. The lowest BCUT2D eigenvalue weighted by atomic mass is 9.95. The van der Waals surface area contributed by atoms with E-state index in [0.29, 0.717) is 6.42 Å². The average Bonchev–Trinajstić information content (AvgIpc) is 3.73. The lowest BCUT2D eigenvalue weighted by Crippen LogP contribution is -2.30. The predicted molar refractivity (Wildman–Crippen MR) is 167 cm³/mol. The Morgan fingerprint density at radius 2 is 1.19 bits per heavy atom. The first-order valence-corrected chi connectivity index (χ1v) is 13.8. The fraction of sp³-hybridized carbons (Fsp3) is 0.176. The number of tetrazole rings is 2. The van der Waals surface area contributed by atoms with Gasteiger partial charge in [-0.05, 0) is 48.2 Å². The molecule has 0 bridgehead atoms. The Morgan fingerprint density at radius 1 is 0.690 bits per heavy atom. The zero-order valence-electron chi connectivity index (χ0n) is 24.3. The van der Waals surface area contributed by atoms with Gasteiger partial charge in [-0.2, -0.15) is 10.0 Å². The van der Waals surface area contributed by atoms with E-state index in [1.54, 1.807) is 4.80 Å². The van der Waals surface area contributed by atoms with Crippen LogP contribution in [-0.2, 0) is 18.4 Å². The Balaban J connectivity index is 0.000000162. The molecule has 0 radical (unpaired) electrons. The summed E-state index contributed by atoms with van der Waals surface area (Å²) in [7, 11) is 0. The molecule has 0 unspecified atom stereocenters. The molecule has 8 nitrogen and oxygen atoms in total. The van der Waals surface area contributed by atoms with Crippen LogP contribution in [0.1, 0.15) is 54.7 Å². The molecule has 0 saturated heterocycles. The number of aromatic nitrogens is 8. The highest BCUT2D eigenvalue weighted by Gasteiger charge is 2.25. The Bertz CT molecular complexity index is 1600. The second kappa shape index (κ2) is 14.9. The summed E-state index contributed by atoms with van der Waals surface area (Å²) in [6.45, 7) is 10.0. The van der Waals surface area contributed by atoms with Crippen molar-refractivity contribution in [3.05, 3.63) is 162 Å². The first-order chi connectivity index (χ1) is 20.4. The molecule has 0 amide bonds. The molecule has 6 rings (SSSR count). The van der Waals surface area contributed by atoms with Crippen LogP contribution >= 0.6 is 0 Å². The van der Waals surface area contributed by atoms with Gasteiger partial charge in [0.1, 0.15) is 5.54 Å². The molecule has 0 aliphatic heterocycles. The summed E-state index contributed by atoms with van der Waals surface area (Å²) in [4.78, 5) is 1.70. The zero-order valence-corrected chi connectivity index (χ0v) is 24.3. The molecule has 0 fully saturated rings. The number of aromatic amines is 1. The number of nitrogens with one attached hydrogen (secondary N) is 1. The van der Waals surface area contributed by atoms with Crippen LogP contribution in [0, 0.1) is 0 Å². The fourth-order valence-corrected chi connectivity index (χ4v) is 4.05. The molecule has 2 aromatic heterocycles. The summed E-state index contributed by atoms with van der Waals surface area (Å²) in [6, 6.07) is 40.6. The lowest BCUT2D eigenvalue weighted by Gasteiger charge is -2.23. The smallest absolute Gasteiger partial charge is 0.177 e. The monoisotopic (exact) mass is 556 g/mol. The molecule has 0 aliphatic rings. The van der Waals surface area contributed by atoms with Crippen LogP contribution in [-0.4, -0.2) is 40.8 Å². The van der Waals surface area contributed by atoms with Crippen molar-refractivity contribution in [2.24, 2.45) is 0 Å². The quantitative estimate of drug-likeness (QED) is 0.239. The van der Waals surface area contributed by atoms with E-state index in [9.17, 15) is 0 Å². The Labute approximate surface area is 247 Å². The van der Waals surface area contributed by atoms with Crippen LogP contribution in [0.2, 0.25) is 0 Å². The van der Waals surface area contributed by atoms with Crippen molar-refractivity contribution in [2.75, 3.05) is 0 Å². The van der Waals surface area contributed by atoms with Crippen LogP contribution in [0.4, 0.5) is 0 Å². The van der Waals surface area contributed by atoms with Gasteiger partial charge in [-0.15, -0.1) is 20.4 Å². The van der Waals surface area contributed by atoms with E-state index in [-0.39, 0.29) is 5.54 Å². The molecule has 4 aromatic carbocycles. The third-order valence-corrected chi connectivity index (χ3v) is 6.50. The summed E-state index contributed by atoms with van der Waals surface area (Å²) >= 11 is 0. The van der Waals surface area contributed by atoms with Gasteiger partial charge < -0.3 is 0 Å².